The minimum Gasteiger partial charge on any atom is -0.476 e. The highest BCUT2D eigenvalue weighted by Gasteiger charge is 2.29. The molecule has 1 aliphatic rings. The van der Waals surface area contributed by atoms with Gasteiger partial charge in [0, 0.05) is 10.9 Å². The normalized spacial score (nSPS) is 17.6. The molecule has 0 unspecified atom stereocenters. The van der Waals surface area contributed by atoms with E-state index in [0.717, 1.165) is 18.2 Å². The van der Waals surface area contributed by atoms with Crippen molar-refractivity contribution in [3.63, 3.8) is 0 Å². The van der Waals surface area contributed by atoms with Crippen molar-refractivity contribution >= 4 is 22.6 Å². The van der Waals surface area contributed by atoms with Gasteiger partial charge in [-0.1, -0.05) is 37.5 Å². The molecule has 1 fully saturated rings. The Bertz CT molecular complexity index is 678. The number of anilines is 1. The molecule has 0 amide bonds. The second kappa shape index (κ2) is 5.31. The molecule has 0 bridgehead atoms. The number of hydrogen-bond donors (Lipinski definition) is 2. The van der Waals surface area contributed by atoms with Crippen LogP contribution in [0.5, 0.6) is 0 Å². The van der Waals surface area contributed by atoms with Crippen molar-refractivity contribution in [2.75, 3.05) is 5.32 Å². The number of carboxylic acids is 1. The van der Waals surface area contributed by atoms with Crippen LogP contribution in [0.2, 0.25) is 0 Å². The van der Waals surface area contributed by atoms with Gasteiger partial charge in [-0.15, -0.1) is 10.2 Å². The van der Waals surface area contributed by atoms with Crippen molar-refractivity contribution in [1.82, 2.24) is 10.2 Å². The maximum Gasteiger partial charge on any atom is 0.358 e. The summed E-state index contributed by atoms with van der Waals surface area (Å²) < 4.78 is 0. The van der Waals surface area contributed by atoms with Crippen LogP contribution in [-0.4, -0.2) is 26.8 Å². The summed E-state index contributed by atoms with van der Waals surface area (Å²) in [5, 5.41) is 21.6. The Morgan fingerprint density at radius 3 is 2.62 bits per heavy atom. The lowest BCUT2D eigenvalue weighted by Gasteiger charge is -2.36. The minimum absolute atomic E-state index is 0.000462. The molecule has 1 aliphatic carbocycles. The zero-order valence-corrected chi connectivity index (χ0v) is 12.1. The van der Waals surface area contributed by atoms with E-state index in [9.17, 15) is 9.90 Å². The summed E-state index contributed by atoms with van der Waals surface area (Å²) in [6.07, 6.45) is 5.68. The number of hydrogen-bond acceptors (Lipinski definition) is 4. The minimum atomic E-state index is -1.05. The van der Waals surface area contributed by atoms with Crippen LogP contribution < -0.4 is 5.32 Å². The van der Waals surface area contributed by atoms with Gasteiger partial charge in [0.15, 0.2) is 5.69 Å². The van der Waals surface area contributed by atoms with Gasteiger partial charge >= 0.3 is 5.97 Å². The van der Waals surface area contributed by atoms with Gasteiger partial charge in [-0.25, -0.2) is 4.79 Å². The molecule has 1 saturated carbocycles. The number of rotatable bonds is 3. The van der Waals surface area contributed by atoms with Crippen LogP contribution in [0.4, 0.5) is 5.69 Å². The van der Waals surface area contributed by atoms with Crippen molar-refractivity contribution in [3.05, 3.63) is 30.0 Å². The first-order valence-corrected chi connectivity index (χ1v) is 7.36. The van der Waals surface area contributed by atoms with Gasteiger partial charge in [-0.05, 0) is 25.8 Å². The topological polar surface area (TPSA) is 75.1 Å². The molecular weight excluding hydrogens is 266 g/mol. The molecule has 0 aliphatic heterocycles. The monoisotopic (exact) mass is 285 g/mol. The van der Waals surface area contributed by atoms with Gasteiger partial charge in [0.1, 0.15) is 0 Å². The Hall–Kier alpha value is -2.17. The largest absolute Gasteiger partial charge is 0.476 e. The Balaban J connectivity index is 2.10. The zero-order chi connectivity index (χ0) is 14.9. The summed E-state index contributed by atoms with van der Waals surface area (Å²) in [6, 6.07) is 7.51. The van der Waals surface area contributed by atoms with E-state index in [-0.39, 0.29) is 11.2 Å². The first kappa shape index (κ1) is 13.8. The quantitative estimate of drug-likeness (QED) is 0.903. The average Bonchev–Trinajstić information content (AvgIpc) is 2.47. The number of carbonyl (C=O) groups is 1. The van der Waals surface area contributed by atoms with Crippen molar-refractivity contribution in [2.45, 2.75) is 44.6 Å². The third-order valence-corrected chi connectivity index (χ3v) is 4.25. The summed E-state index contributed by atoms with van der Waals surface area (Å²) in [6.45, 7) is 2.16. The highest BCUT2D eigenvalue weighted by molar-refractivity contribution is 6.02. The Morgan fingerprint density at radius 2 is 1.90 bits per heavy atom. The molecule has 1 heterocycles. The van der Waals surface area contributed by atoms with Crippen LogP contribution in [0.25, 0.3) is 10.9 Å². The summed E-state index contributed by atoms with van der Waals surface area (Å²) in [4.78, 5) is 11.5. The Labute approximate surface area is 123 Å². The molecule has 0 atom stereocenters. The zero-order valence-electron chi connectivity index (χ0n) is 12.1. The lowest BCUT2D eigenvalue weighted by molar-refractivity contribution is 0.0690. The van der Waals surface area contributed by atoms with Gasteiger partial charge in [-0.3, -0.25) is 0 Å². The maximum atomic E-state index is 11.5. The molecule has 1 aromatic heterocycles. The Morgan fingerprint density at radius 1 is 1.19 bits per heavy atom. The second-order valence-electron chi connectivity index (χ2n) is 5.99. The van der Waals surface area contributed by atoms with Crippen molar-refractivity contribution in [3.8, 4) is 0 Å². The lowest BCUT2D eigenvalue weighted by Crippen LogP contribution is -2.37. The third-order valence-electron chi connectivity index (χ3n) is 4.25. The van der Waals surface area contributed by atoms with Crippen molar-refractivity contribution in [1.29, 1.82) is 0 Å². The highest BCUT2D eigenvalue weighted by Crippen LogP contribution is 2.34. The van der Waals surface area contributed by atoms with E-state index in [0.29, 0.717) is 11.2 Å². The number of aromatic carboxylic acids is 1. The average molecular weight is 285 g/mol. The number of fused-ring (bicyclic) bond motifs is 1. The van der Waals surface area contributed by atoms with Gasteiger partial charge in [0.05, 0.1) is 11.2 Å². The number of benzene rings is 1. The van der Waals surface area contributed by atoms with Gasteiger partial charge in [0.2, 0.25) is 0 Å². The van der Waals surface area contributed by atoms with E-state index in [4.69, 9.17) is 0 Å². The van der Waals surface area contributed by atoms with Gasteiger partial charge in [-0.2, -0.15) is 0 Å². The summed E-state index contributed by atoms with van der Waals surface area (Å²) >= 11 is 0. The molecule has 3 rings (SSSR count). The number of nitrogens with zero attached hydrogens (tertiary/aromatic N) is 2. The van der Waals surface area contributed by atoms with E-state index in [1.54, 1.807) is 0 Å². The lowest BCUT2D eigenvalue weighted by atomic mass is 9.83. The van der Waals surface area contributed by atoms with E-state index in [1.165, 1.54) is 19.3 Å². The molecular formula is C16H19N3O2. The van der Waals surface area contributed by atoms with Gasteiger partial charge in [0.25, 0.3) is 0 Å². The second-order valence-corrected chi connectivity index (χ2v) is 5.99. The molecule has 0 radical (unpaired) electrons. The number of aromatic nitrogens is 2. The third kappa shape index (κ3) is 2.68. The number of carboxylic acid groups (broad SMARTS) is 1. The van der Waals surface area contributed by atoms with E-state index < -0.39 is 5.97 Å². The molecule has 2 aromatic rings. The predicted octanol–water partition coefficient (Wildman–Crippen LogP) is 3.46. The van der Waals surface area contributed by atoms with E-state index >= 15 is 0 Å². The SMILES string of the molecule is CC1(Nc2c(C(=O)O)nnc3ccccc23)CCCCC1. The molecule has 110 valence electrons. The smallest absolute Gasteiger partial charge is 0.358 e. The van der Waals surface area contributed by atoms with Gasteiger partial charge < -0.3 is 10.4 Å². The van der Waals surface area contributed by atoms with E-state index in [1.807, 2.05) is 24.3 Å². The summed E-state index contributed by atoms with van der Waals surface area (Å²) in [7, 11) is 0. The standard InChI is InChI=1S/C16H19N3O2/c1-16(9-5-2-6-10-16)17-13-11-7-3-4-8-12(11)18-19-14(13)15(20)21/h3-4,7-8H,2,5-6,9-10H2,1H3,(H,17,18)(H,20,21). The Kier molecular flexibility index (Phi) is 3.49. The molecule has 5 heteroatoms. The molecule has 1 aromatic carbocycles. The fourth-order valence-electron chi connectivity index (χ4n) is 3.09. The first-order chi connectivity index (χ1) is 10.1. The van der Waals surface area contributed by atoms with Crippen LogP contribution in [0.15, 0.2) is 24.3 Å². The maximum absolute atomic E-state index is 11.5. The molecule has 21 heavy (non-hydrogen) atoms. The first-order valence-electron chi connectivity index (χ1n) is 7.36. The van der Waals surface area contributed by atoms with Crippen LogP contribution >= 0.6 is 0 Å². The van der Waals surface area contributed by atoms with Crippen LogP contribution in [0, 0.1) is 0 Å². The highest BCUT2D eigenvalue weighted by atomic mass is 16.4. The van der Waals surface area contributed by atoms with E-state index in [2.05, 4.69) is 22.4 Å². The summed E-state index contributed by atoms with van der Waals surface area (Å²) in [5.41, 5.74) is 1.23. The molecule has 5 nitrogen and oxygen atoms in total. The van der Waals surface area contributed by atoms with Crippen LogP contribution in [0.3, 0.4) is 0 Å². The molecule has 0 saturated heterocycles. The van der Waals surface area contributed by atoms with Crippen LogP contribution in [-0.2, 0) is 0 Å². The van der Waals surface area contributed by atoms with Crippen molar-refractivity contribution < 1.29 is 9.90 Å². The summed E-state index contributed by atoms with van der Waals surface area (Å²) in [5.74, 6) is -1.05. The fourth-order valence-corrected chi connectivity index (χ4v) is 3.09. The number of nitrogens with one attached hydrogen (secondary N) is 1. The van der Waals surface area contributed by atoms with Crippen LogP contribution in [0.1, 0.15) is 49.5 Å². The molecule has 2 N–H and O–H groups in total. The molecule has 0 spiro atoms. The van der Waals surface area contributed by atoms with Crippen molar-refractivity contribution in [2.24, 2.45) is 0 Å². The predicted molar refractivity (Wildman–Crippen MR) is 81.6 cm³/mol. The fraction of sp³-hybridized carbons (Fsp3) is 0.438.